The average Bonchev–Trinajstić information content (AvgIpc) is 3.50. The van der Waals surface area contributed by atoms with Crippen LogP contribution in [0.25, 0.3) is 0 Å². The Labute approximate surface area is 262 Å². The van der Waals surface area contributed by atoms with E-state index < -0.39 is 57.1 Å². The highest BCUT2D eigenvalue weighted by Crippen LogP contribution is 2.54. The van der Waals surface area contributed by atoms with Gasteiger partial charge in [-0.3, -0.25) is 19.2 Å². The Morgan fingerprint density at radius 2 is 1.69 bits per heavy atom. The number of thioether (sulfide) groups is 1. The molecule has 4 aromatic rings. The maximum absolute atomic E-state index is 14.0. The molecule has 0 saturated carbocycles. The molecule has 3 atom stereocenters. The Hall–Kier alpha value is -4.56. The molecule has 3 heterocycles. The lowest BCUT2D eigenvalue weighted by Crippen LogP contribution is -2.33. The van der Waals surface area contributed by atoms with E-state index in [0.29, 0.717) is 26.1 Å². The second-order valence-corrected chi connectivity index (χ2v) is 12.3. The lowest BCUT2D eigenvalue weighted by Gasteiger charge is -2.30. The van der Waals surface area contributed by atoms with Gasteiger partial charge in [0.1, 0.15) is 5.25 Å². The predicted molar refractivity (Wildman–Crippen MR) is 162 cm³/mol. The normalized spacial score (nSPS) is 19.2. The molecule has 2 N–H and O–H groups in total. The second-order valence-electron chi connectivity index (χ2n) is 10.1. The zero-order chi connectivity index (χ0) is 31.9. The van der Waals surface area contributed by atoms with Crippen LogP contribution in [0.1, 0.15) is 28.8 Å². The fourth-order valence-electron chi connectivity index (χ4n) is 5.49. The standard InChI is InChI=1S/C31H24F3N3O6S2/c1-2-42-21-14-16(12-13-20(21)43-15-22(38)35-17-8-4-3-5-9-17)23-24-26(44-27-25(23)45-30(41)36-27)29(40)37(28(24)39)19-11-7-6-10-18(19)31(32,33)34/h3-14,23-24,26H,2,15H2,1H3,(H,35,38)(H,36,41)/t23-,24-,26+/m0/s1. The number of nitrogens with one attached hydrogen (secondary N) is 2. The molecule has 1 aromatic heterocycles. The van der Waals surface area contributed by atoms with Crippen molar-refractivity contribution in [3.8, 4) is 11.5 Å². The predicted octanol–water partition coefficient (Wildman–Crippen LogP) is 5.67. The molecule has 3 amide bonds. The van der Waals surface area contributed by atoms with E-state index in [1.54, 1.807) is 49.4 Å². The van der Waals surface area contributed by atoms with E-state index in [-0.39, 0.29) is 24.7 Å². The molecule has 0 spiro atoms. The summed E-state index contributed by atoms with van der Waals surface area (Å²) in [6, 6.07) is 18.1. The summed E-state index contributed by atoms with van der Waals surface area (Å²) in [7, 11) is 0. The molecule has 9 nitrogen and oxygen atoms in total. The Morgan fingerprint density at radius 3 is 2.42 bits per heavy atom. The number of halogens is 3. The molecule has 6 rings (SSSR count). The highest BCUT2D eigenvalue weighted by Gasteiger charge is 2.57. The minimum atomic E-state index is -4.80. The van der Waals surface area contributed by atoms with Crippen LogP contribution in [-0.4, -0.2) is 41.2 Å². The number of nitrogens with zero attached hydrogens (tertiary/aromatic N) is 1. The molecule has 232 valence electrons. The summed E-state index contributed by atoms with van der Waals surface area (Å²) in [5.41, 5.74) is -0.566. The number of fused-ring (bicyclic) bond motifs is 2. The molecule has 3 aromatic carbocycles. The number of anilines is 2. The van der Waals surface area contributed by atoms with Crippen molar-refractivity contribution in [3.63, 3.8) is 0 Å². The number of para-hydroxylation sites is 2. The van der Waals surface area contributed by atoms with Crippen molar-refractivity contribution in [3.05, 3.63) is 98.5 Å². The van der Waals surface area contributed by atoms with Crippen LogP contribution in [0, 0.1) is 5.92 Å². The van der Waals surface area contributed by atoms with Crippen LogP contribution in [0.15, 0.2) is 82.6 Å². The summed E-state index contributed by atoms with van der Waals surface area (Å²) >= 11 is 1.83. The van der Waals surface area contributed by atoms with Crippen molar-refractivity contribution in [2.45, 2.75) is 29.3 Å². The zero-order valence-corrected chi connectivity index (χ0v) is 25.1. The summed E-state index contributed by atoms with van der Waals surface area (Å²) in [6.07, 6.45) is -4.80. The van der Waals surface area contributed by atoms with Crippen LogP contribution in [0.5, 0.6) is 11.5 Å². The number of hydrogen-bond acceptors (Lipinski definition) is 8. The van der Waals surface area contributed by atoms with Gasteiger partial charge in [0, 0.05) is 16.5 Å². The minimum absolute atomic E-state index is 0.227. The van der Waals surface area contributed by atoms with Gasteiger partial charge in [0.2, 0.25) is 11.8 Å². The van der Waals surface area contributed by atoms with E-state index in [2.05, 4.69) is 10.3 Å². The smallest absolute Gasteiger partial charge is 0.418 e. The van der Waals surface area contributed by atoms with Crippen LogP contribution >= 0.6 is 23.1 Å². The Morgan fingerprint density at radius 1 is 0.956 bits per heavy atom. The first-order valence-electron chi connectivity index (χ1n) is 13.7. The molecule has 0 bridgehead atoms. The molecule has 1 saturated heterocycles. The Bertz CT molecular complexity index is 1840. The van der Waals surface area contributed by atoms with Crippen molar-refractivity contribution in [1.82, 2.24) is 4.98 Å². The molecule has 0 radical (unpaired) electrons. The van der Waals surface area contributed by atoms with Gasteiger partial charge in [-0.25, -0.2) is 4.90 Å². The summed E-state index contributed by atoms with van der Waals surface area (Å²) in [5.74, 6) is -3.49. The third-order valence-electron chi connectivity index (χ3n) is 7.32. The molecule has 1 fully saturated rings. The fraction of sp³-hybridized carbons (Fsp3) is 0.226. The fourth-order valence-corrected chi connectivity index (χ4v) is 8.00. The number of carbonyl (C=O) groups excluding carboxylic acids is 3. The number of ether oxygens (including phenoxy) is 2. The number of hydrogen-bond donors (Lipinski definition) is 2. The molecular formula is C31H24F3N3O6S2. The van der Waals surface area contributed by atoms with Gasteiger partial charge in [-0.15, -0.1) is 0 Å². The Balaban J connectivity index is 1.35. The SMILES string of the molecule is CCOc1cc([C@@H]2c3sc(=O)[nH]c3S[C@H]3C(=O)N(c4ccccc4C(F)(F)F)C(=O)[C@@H]23)ccc1OCC(=O)Nc1ccccc1. The third kappa shape index (κ3) is 5.82. The van der Waals surface area contributed by atoms with Crippen LogP contribution in [0.3, 0.4) is 0 Å². The first-order valence-corrected chi connectivity index (χ1v) is 15.4. The van der Waals surface area contributed by atoms with Crippen molar-refractivity contribution < 1.29 is 37.0 Å². The summed E-state index contributed by atoms with van der Waals surface area (Å²) < 4.78 is 53.3. The molecule has 14 heteroatoms. The van der Waals surface area contributed by atoms with Gasteiger partial charge in [0.05, 0.1) is 28.8 Å². The average molecular weight is 656 g/mol. The molecule has 0 unspecified atom stereocenters. The topological polar surface area (TPSA) is 118 Å². The first kappa shape index (κ1) is 30.5. The van der Waals surface area contributed by atoms with Gasteiger partial charge in [-0.2, -0.15) is 13.2 Å². The van der Waals surface area contributed by atoms with Gasteiger partial charge in [0.15, 0.2) is 18.1 Å². The maximum atomic E-state index is 14.0. The van der Waals surface area contributed by atoms with Gasteiger partial charge < -0.3 is 19.8 Å². The van der Waals surface area contributed by atoms with E-state index in [1.807, 2.05) is 6.07 Å². The number of aromatic nitrogens is 1. The van der Waals surface area contributed by atoms with Gasteiger partial charge in [0.25, 0.3) is 5.91 Å². The minimum Gasteiger partial charge on any atom is -0.490 e. The van der Waals surface area contributed by atoms with Crippen molar-refractivity contribution in [2.24, 2.45) is 5.92 Å². The summed E-state index contributed by atoms with van der Waals surface area (Å²) in [6.45, 7) is 1.64. The number of imide groups is 1. The molecule has 2 aliphatic heterocycles. The van der Waals surface area contributed by atoms with Crippen LogP contribution < -0.4 is 24.6 Å². The monoisotopic (exact) mass is 655 g/mol. The number of aromatic amines is 1. The summed E-state index contributed by atoms with van der Waals surface area (Å²) in [5, 5.41) is 2.01. The van der Waals surface area contributed by atoms with E-state index in [0.717, 1.165) is 35.2 Å². The molecular weight excluding hydrogens is 631 g/mol. The van der Waals surface area contributed by atoms with Crippen LogP contribution in [0.4, 0.5) is 24.5 Å². The number of amides is 3. The van der Waals surface area contributed by atoms with Crippen molar-refractivity contribution in [2.75, 3.05) is 23.4 Å². The van der Waals surface area contributed by atoms with E-state index in [1.165, 1.54) is 12.1 Å². The third-order valence-corrected chi connectivity index (χ3v) is 9.72. The van der Waals surface area contributed by atoms with Gasteiger partial charge in [-0.1, -0.05) is 59.5 Å². The number of carbonyl (C=O) groups is 3. The largest absolute Gasteiger partial charge is 0.490 e. The first-order chi connectivity index (χ1) is 21.6. The highest BCUT2D eigenvalue weighted by atomic mass is 32.2. The summed E-state index contributed by atoms with van der Waals surface area (Å²) in [4.78, 5) is 55.9. The number of H-pyrrole nitrogens is 1. The molecule has 2 aliphatic rings. The second kappa shape index (κ2) is 12.1. The quantitative estimate of drug-likeness (QED) is 0.235. The van der Waals surface area contributed by atoms with Gasteiger partial charge in [-0.05, 0) is 48.9 Å². The Kier molecular flexibility index (Phi) is 8.18. The zero-order valence-electron chi connectivity index (χ0n) is 23.4. The van der Waals surface area contributed by atoms with E-state index in [9.17, 15) is 32.3 Å². The molecule has 0 aliphatic carbocycles. The maximum Gasteiger partial charge on any atom is 0.418 e. The van der Waals surface area contributed by atoms with Crippen molar-refractivity contribution >= 4 is 52.2 Å². The van der Waals surface area contributed by atoms with E-state index >= 15 is 0 Å². The number of thiazole rings is 1. The lowest BCUT2D eigenvalue weighted by molar-refractivity contribution is -0.137. The van der Waals surface area contributed by atoms with Crippen molar-refractivity contribution in [1.29, 1.82) is 0 Å². The molecule has 45 heavy (non-hydrogen) atoms. The number of rotatable bonds is 8. The van der Waals surface area contributed by atoms with Crippen LogP contribution in [0.2, 0.25) is 0 Å². The van der Waals surface area contributed by atoms with Crippen LogP contribution in [-0.2, 0) is 20.6 Å². The van der Waals surface area contributed by atoms with Gasteiger partial charge >= 0.3 is 11.0 Å². The number of benzene rings is 3. The highest BCUT2D eigenvalue weighted by molar-refractivity contribution is 8.00. The van der Waals surface area contributed by atoms with E-state index in [4.69, 9.17) is 9.47 Å². The lowest BCUT2D eigenvalue weighted by atomic mass is 9.83. The number of alkyl halides is 3.